The Labute approximate surface area is 317 Å². The van der Waals surface area contributed by atoms with E-state index in [4.69, 9.17) is 0 Å². The van der Waals surface area contributed by atoms with Gasteiger partial charge in [-0.2, -0.15) is 0 Å². The molecule has 5 amide bonds. The Hall–Kier alpha value is -2.96. The SMILES string of the molecule is C=CCNC(=O)C(=O)C(CC1CC1)NC(=O)[C@@H]1C2[C@H](CN1C(=O)[C@@H](NC(=O)NC1(CS(=O)(=O)C(C)(C)CC)CCCCC1)C1(C)CCCCC1)C2(C)C. The number of Topliss-reactive ketones (excluding diaryl/α,β-unsaturated/α-hetero) is 1. The average molecular weight is 760 g/mol. The molecule has 4 N–H and O–H groups in total. The fraction of sp³-hybridized carbons (Fsp3) is 0.825. The van der Waals surface area contributed by atoms with E-state index in [-0.39, 0.29) is 41.4 Å². The lowest BCUT2D eigenvalue weighted by atomic mass is 9.70. The second kappa shape index (κ2) is 15.6. The largest absolute Gasteiger partial charge is 0.346 e. The van der Waals surface area contributed by atoms with Crippen LogP contribution in [0, 0.1) is 28.6 Å². The number of fused-ring (bicyclic) bond motifs is 1. The third-order valence-electron chi connectivity index (χ3n) is 13.9. The van der Waals surface area contributed by atoms with E-state index in [9.17, 15) is 32.4 Å². The molecule has 5 rings (SSSR count). The second-order valence-corrected chi connectivity index (χ2v) is 21.1. The normalized spacial score (nSPS) is 27.0. The van der Waals surface area contributed by atoms with Crippen molar-refractivity contribution in [2.45, 2.75) is 160 Å². The Bertz CT molecular complexity index is 1540. The topological polar surface area (TPSA) is 171 Å². The highest BCUT2D eigenvalue weighted by molar-refractivity contribution is 7.92. The number of urea groups is 1. The first-order valence-corrected chi connectivity index (χ1v) is 21.8. The van der Waals surface area contributed by atoms with Crippen LogP contribution in [0.25, 0.3) is 0 Å². The first kappa shape index (κ1) is 41.2. The lowest BCUT2D eigenvalue weighted by Gasteiger charge is -2.44. The number of hydrogen-bond acceptors (Lipinski definition) is 7. The van der Waals surface area contributed by atoms with Crippen LogP contribution in [0.15, 0.2) is 12.7 Å². The van der Waals surface area contributed by atoms with Gasteiger partial charge in [-0.25, -0.2) is 13.2 Å². The molecule has 0 spiro atoms. The van der Waals surface area contributed by atoms with E-state index in [1.165, 1.54) is 6.08 Å². The van der Waals surface area contributed by atoms with Gasteiger partial charge in [0.05, 0.1) is 22.1 Å². The van der Waals surface area contributed by atoms with Crippen LogP contribution in [0.4, 0.5) is 4.79 Å². The zero-order chi connectivity index (χ0) is 39.0. The maximum Gasteiger partial charge on any atom is 0.315 e. The van der Waals surface area contributed by atoms with Gasteiger partial charge in [0.2, 0.25) is 17.6 Å². The molecule has 13 heteroatoms. The Morgan fingerprint density at radius 2 is 1.53 bits per heavy atom. The molecule has 5 atom stereocenters. The number of hydrogen-bond donors (Lipinski definition) is 4. The van der Waals surface area contributed by atoms with Crippen LogP contribution in [-0.4, -0.2) is 90.1 Å². The van der Waals surface area contributed by atoms with Gasteiger partial charge in [-0.3, -0.25) is 19.2 Å². The standard InChI is InChI=1S/C40H65N5O7S/c1-8-22-41-34(48)31(46)28(23-26-16-17-26)42-33(47)30-29-27(38(29,5)6)24-45(30)35(49)32(39(7)18-12-10-13-19-39)43-36(50)44-40(20-14-11-15-21-40)25-53(51,52)37(3,4)9-2/h8,26-30,32H,1,9-25H2,2-7H3,(H,41,48)(H,42,47)(H2,43,44,50)/t27-,28?,29?,30-,32+/m0/s1. The average Bonchev–Trinajstić information content (AvgIpc) is 3.96. The lowest BCUT2D eigenvalue weighted by Crippen LogP contribution is -2.65. The van der Waals surface area contributed by atoms with Crippen molar-refractivity contribution in [1.29, 1.82) is 0 Å². The summed E-state index contributed by atoms with van der Waals surface area (Å²) in [4.78, 5) is 71.0. The van der Waals surface area contributed by atoms with E-state index in [0.717, 1.165) is 51.4 Å². The van der Waals surface area contributed by atoms with Crippen molar-refractivity contribution in [3.63, 3.8) is 0 Å². The van der Waals surface area contributed by atoms with Crippen LogP contribution in [0.1, 0.15) is 131 Å². The number of carbonyl (C=O) groups excluding carboxylic acids is 5. The first-order chi connectivity index (χ1) is 24.8. The number of likely N-dealkylation sites (tertiary alicyclic amines) is 1. The summed E-state index contributed by atoms with van der Waals surface area (Å²) in [6, 6.07) is -3.38. The molecule has 53 heavy (non-hydrogen) atoms. The van der Waals surface area contributed by atoms with Crippen molar-refractivity contribution in [1.82, 2.24) is 26.2 Å². The van der Waals surface area contributed by atoms with Crippen LogP contribution in [0.3, 0.4) is 0 Å². The molecular weight excluding hydrogens is 695 g/mol. The van der Waals surface area contributed by atoms with Crippen LogP contribution < -0.4 is 21.3 Å². The number of piperidine rings is 1. The van der Waals surface area contributed by atoms with Crippen molar-refractivity contribution < 1.29 is 32.4 Å². The number of nitrogens with one attached hydrogen (secondary N) is 4. The van der Waals surface area contributed by atoms with Gasteiger partial charge in [0, 0.05) is 13.1 Å². The van der Waals surface area contributed by atoms with Crippen LogP contribution >= 0.6 is 0 Å². The summed E-state index contributed by atoms with van der Waals surface area (Å²) in [7, 11) is -3.58. The number of nitrogens with zero attached hydrogens (tertiary/aromatic N) is 1. The lowest BCUT2D eigenvalue weighted by molar-refractivity contribution is -0.146. The molecule has 0 radical (unpaired) electrons. The van der Waals surface area contributed by atoms with E-state index >= 15 is 0 Å². The third-order valence-corrected chi connectivity index (χ3v) is 16.8. The number of rotatable bonds is 16. The molecule has 5 aliphatic rings. The molecule has 1 heterocycles. The Morgan fingerprint density at radius 3 is 2.09 bits per heavy atom. The molecule has 0 aromatic heterocycles. The minimum atomic E-state index is -3.58. The summed E-state index contributed by atoms with van der Waals surface area (Å²) in [5.41, 5.74) is -1.73. The fourth-order valence-corrected chi connectivity index (χ4v) is 11.4. The quantitative estimate of drug-likeness (QED) is 0.132. The number of sulfone groups is 1. The molecule has 4 saturated carbocycles. The smallest absolute Gasteiger partial charge is 0.315 e. The van der Waals surface area contributed by atoms with Crippen LogP contribution in [0.5, 0.6) is 0 Å². The zero-order valence-electron chi connectivity index (χ0n) is 33.0. The first-order valence-electron chi connectivity index (χ1n) is 20.2. The van der Waals surface area contributed by atoms with Gasteiger partial charge in [0.1, 0.15) is 12.1 Å². The summed E-state index contributed by atoms with van der Waals surface area (Å²) in [5.74, 6) is -2.25. The van der Waals surface area contributed by atoms with Gasteiger partial charge in [-0.1, -0.05) is 85.1 Å². The summed E-state index contributed by atoms with van der Waals surface area (Å²) >= 11 is 0. The third kappa shape index (κ3) is 8.80. The van der Waals surface area contributed by atoms with Crippen molar-refractivity contribution >= 4 is 39.4 Å². The summed E-state index contributed by atoms with van der Waals surface area (Å²) < 4.78 is 26.4. The van der Waals surface area contributed by atoms with Crippen molar-refractivity contribution in [3.8, 4) is 0 Å². The second-order valence-electron chi connectivity index (χ2n) is 18.5. The van der Waals surface area contributed by atoms with E-state index in [0.29, 0.717) is 45.1 Å². The Kier molecular flexibility index (Phi) is 12.2. The molecular formula is C40H65N5O7S. The fourth-order valence-electron chi connectivity index (χ4n) is 9.47. The van der Waals surface area contributed by atoms with E-state index in [1.807, 2.05) is 13.8 Å². The van der Waals surface area contributed by atoms with Gasteiger partial charge < -0.3 is 26.2 Å². The molecule has 0 aromatic carbocycles. The summed E-state index contributed by atoms with van der Waals surface area (Å²) in [5, 5.41) is 11.6. The summed E-state index contributed by atoms with van der Waals surface area (Å²) in [6.07, 6.45) is 12.0. The predicted molar refractivity (Wildman–Crippen MR) is 204 cm³/mol. The van der Waals surface area contributed by atoms with Gasteiger partial charge in [-0.15, -0.1) is 6.58 Å². The molecule has 1 saturated heterocycles. The van der Waals surface area contributed by atoms with Crippen molar-refractivity contribution in [2.75, 3.05) is 18.8 Å². The molecule has 12 nitrogen and oxygen atoms in total. The van der Waals surface area contributed by atoms with Gasteiger partial charge in [0.15, 0.2) is 9.84 Å². The predicted octanol–water partition coefficient (Wildman–Crippen LogP) is 4.57. The summed E-state index contributed by atoms with van der Waals surface area (Å²) in [6.45, 7) is 15.6. The van der Waals surface area contributed by atoms with E-state index < -0.39 is 67.3 Å². The van der Waals surface area contributed by atoms with Crippen LogP contribution in [-0.2, 0) is 29.0 Å². The molecule has 0 bridgehead atoms. The molecule has 1 aliphatic heterocycles. The molecule has 4 aliphatic carbocycles. The van der Waals surface area contributed by atoms with Gasteiger partial charge >= 0.3 is 6.03 Å². The minimum Gasteiger partial charge on any atom is -0.346 e. The Morgan fingerprint density at radius 1 is 0.925 bits per heavy atom. The number of ketones is 1. The molecule has 5 fully saturated rings. The molecule has 298 valence electrons. The monoisotopic (exact) mass is 759 g/mol. The van der Waals surface area contributed by atoms with Gasteiger partial charge in [0.25, 0.3) is 5.91 Å². The number of amides is 5. The highest BCUT2D eigenvalue weighted by atomic mass is 32.2. The van der Waals surface area contributed by atoms with Crippen molar-refractivity contribution in [3.05, 3.63) is 12.7 Å². The molecule has 0 aromatic rings. The van der Waals surface area contributed by atoms with Crippen molar-refractivity contribution in [2.24, 2.45) is 28.6 Å². The minimum absolute atomic E-state index is 0.0712. The highest BCUT2D eigenvalue weighted by Gasteiger charge is 2.70. The van der Waals surface area contributed by atoms with E-state index in [2.05, 4.69) is 41.7 Å². The van der Waals surface area contributed by atoms with Gasteiger partial charge in [-0.05, 0) is 81.0 Å². The zero-order valence-corrected chi connectivity index (χ0v) is 33.8. The maximum absolute atomic E-state index is 14.9. The van der Waals surface area contributed by atoms with Crippen LogP contribution in [0.2, 0.25) is 0 Å². The molecule has 2 unspecified atom stereocenters. The maximum atomic E-state index is 14.9. The van der Waals surface area contributed by atoms with E-state index in [1.54, 1.807) is 18.7 Å². The Balaban J connectivity index is 1.40. The number of carbonyl (C=O) groups is 5. The highest BCUT2D eigenvalue weighted by Crippen LogP contribution is 2.65.